The van der Waals surface area contributed by atoms with Gasteiger partial charge in [0.15, 0.2) is 16.6 Å². The summed E-state index contributed by atoms with van der Waals surface area (Å²) in [5.41, 5.74) is 1.83. The zero-order chi connectivity index (χ0) is 47.2. The summed E-state index contributed by atoms with van der Waals surface area (Å²) in [6.07, 6.45) is 3.41. The van der Waals surface area contributed by atoms with Gasteiger partial charge in [-0.1, -0.05) is 101 Å². The molecule has 354 valence electrons. The second kappa shape index (κ2) is 24.5. The second-order valence-corrected chi connectivity index (χ2v) is 31.6. The van der Waals surface area contributed by atoms with Crippen LogP contribution in [0.25, 0.3) is 0 Å². The molecule has 0 spiro atoms. The van der Waals surface area contributed by atoms with E-state index >= 15 is 0 Å². The number of allylic oxidation sites excluding steroid dienone is 2. The first-order valence-electron chi connectivity index (χ1n) is 21.5. The maximum Gasteiger partial charge on any atom is 0.297 e. The van der Waals surface area contributed by atoms with Crippen LogP contribution < -0.4 is 0 Å². The van der Waals surface area contributed by atoms with Crippen LogP contribution in [0.3, 0.4) is 0 Å². The molecular weight excluding hydrogens is 865 g/mol. The van der Waals surface area contributed by atoms with E-state index in [9.17, 15) is 16.8 Å². The predicted octanol–water partition coefficient (Wildman–Crippen LogP) is 10.6. The monoisotopic (exact) mass is 942 g/mol. The Bertz CT molecular complexity index is 1760. The van der Waals surface area contributed by atoms with Crippen molar-refractivity contribution in [2.75, 3.05) is 27.8 Å². The smallest absolute Gasteiger partial charge is 0.297 e. The van der Waals surface area contributed by atoms with Crippen molar-refractivity contribution in [2.45, 2.75) is 178 Å². The van der Waals surface area contributed by atoms with Crippen LogP contribution >= 0.6 is 0 Å². The Kier molecular flexibility index (Phi) is 22.1. The van der Waals surface area contributed by atoms with Crippen molar-refractivity contribution in [3.05, 3.63) is 84.0 Å². The van der Waals surface area contributed by atoms with Crippen molar-refractivity contribution in [3.63, 3.8) is 0 Å². The van der Waals surface area contributed by atoms with Gasteiger partial charge >= 0.3 is 0 Å². The first-order valence-corrected chi connectivity index (χ1v) is 30.1. The molecule has 0 aromatic heterocycles. The first-order chi connectivity index (χ1) is 28.6. The Hall–Kier alpha value is -2.07. The quantitative estimate of drug-likeness (QED) is 0.0364. The lowest BCUT2D eigenvalue weighted by Gasteiger charge is -2.46. The minimum absolute atomic E-state index is 0.0327. The summed E-state index contributed by atoms with van der Waals surface area (Å²) in [6, 6.07) is 13.0. The van der Waals surface area contributed by atoms with Gasteiger partial charge in [-0.05, 0) is 114 Å². The highest BCUT2D eigenvalue weighted by Crippen LogP contribution is 2.42. The summed E-state index contributed by atoms with van der Waals surface area (Å²) < 4.78 is 105. The number of rotatable bonds is 27. The molecule has 0 amide bonds. The number of aryl methyl sites for hydroxylation is 2. The molecule has 12 nitrogen and oxygen atoms in total. The standard InChI is InChI=1S/C46H78O12S2Si2/c1-17-19-39(53-33-51-11)41(55-59(47,48)37-25-21-35(3)22-26-37)29-31-43(57-61(13,14)45(5,6)7)44(58-62(15,16)46(8,9)10)32-30-42(40(20-18-2)54-34-52-12)56-60(49,50)38-27-23-36(4)24-28-38/h17-28,39-44H,29-34H2,1-16H3/b19-17+,20-18+/t39-,40-,41-,42-,43-,44-/m1/s1. The minimum atomic E-state index is -4.24. The highest BCUT2D eigenvalue weighted by atomic mass is 32.2. The van der Waals surface area contributed by atoms with Gasteiger partial charge in [0.1, 0.15) is 38.0 Å². The molecule has 6 atom stereocenters. The minimum Gasteiger partial charge on any atom is -0.411 e. The third kappa shape index (κ3) is 17.4. The van der Waals surface area contributed by atoms with E-state index in [4.69, 9.17) is 36.2 Å². The van der Waals surface area contributed by atoms with Gasteiger partial charge in [0.05, 0.1) is 22.0 Å². The topological polar surface area (TPSA) is 142 Å². The van der Waals surface area contributed by atoms with E-state index in [1.807, 2.05) is 27.7 Å². The maximum absolute atomic E-state index is 13.9. The summed E-state index contributed by atoms with van der Waals surface area (Å²) in [7, 11) is -10.6. The van der Waals surface area contributed by atoms with Gasteiger partial charge in [-0.25, -0.2) is 0 Å². The van der Waals surface area contributed by atoms with Crippen LogP contribution in [0.15, 0.2) is 82.6 Å². The van der Waals surface area contributed by atoms with Crippen LogP contribution in [0, 0.1) is 13.8 Å². The molecule has 0 N–H and O–H groups in total. The van der Waals surface area contributed by atoms with Gasteiger partial charge in [0.25, 0.3) is 20.2 Å². The zero-order valence-corrected chi connectivity index (χ0v) is 44.0. The molecule has 62 heavy (non-hydrogen) atoms. The summed E-state index contributed by atoms with van der Waals surface area (Å²) in [5, 5.41) is -0.406. The van der Waals surface area contributed by atoms with E-state index < -0.39 is 73.5 Å². The van der Waals surface area contributed by atoms with Crippen molar-refractivity contribution in [1.82, 2.24) is 0 Å². The second-order valence-electron chi connectivity index (χ2n) is 18.9. The Morgan fingerprint density at radius 1 is 0.532 bits per heavy atom. The number of methoxy groups -OCH3 is 2. The SMILES string of the molecule is C/C=C/[C@@H](OCOC)[C@@H](CC[C@@H](O[Si](C)(C)C(C)(C)C)[C@@H](CC[C@@H](OS(=O)(=O)c1ccc(C)cc1)[C@@H](/C=C/C)OCOC)O[Si](C)(C)C(C)(C)C)OS(=O)(=O)c1ccc(C)cc1. The molecular formula is C46H78O12S2Si2. The predicted molar refractivity (Wildman–Crippen MR) is 252 cm³/mol. The first kappa shape index (κ1) is 56.1. The average Bonchev–Trinajstić information content (AvgIpc) is 3.16. The van der Waals surface area contributed by atoms with E-state index in [1.54, 1.807) is 48.6 Å². The average molecular weight is 943 g/mol. The summed E-state index contributed by atoms with van der Waals surface area (Å²) >= 11 is 0. The zero-order valence-electron chi connectivity index (χ0n) is 40.4. The summed E-state index contributed by atoms with van der Waals surface area (Å²) in [6.45, 7) is 28.9. The van der Waals surface area contributed by atoms with Crippen LogP contribution in [-0.2, 0) is 56.4 Å². The molecule has 0 bridgehead atoms. The van der Waals surface area contributed by atoms with Gasteiger partial charge in [0, 0.05) is 14.2 Å². The molecule has 2 aromatic carbocycles. The lowest BCUT2D eigenvalue weighted by molar-refractivity contribution is -0.0929. The van der Waals surface area contributed by atoms with Crippen molar-refractivity contribution in [2.24, 2.45) is 0 Å². The Balaban J connectivity index is 2.81. The van der Waals surface area contributed by atoms with E-state index in [2.05, 4.69) is 67.7 Å². The lowest BCUT2D eigenvalue weighted by Crippen LogP contribution is -2.52. The normalized spacial score (nSPS) is 16.7. The fourth-order valence-electron chi connectivity index (χ4n) is 6.04. The van der Waals surface area contributed by atoms with E-state index in [1.165, 1.54) is 38.5 Å². The third-order valence-electron chi connectivity index (χ3n) is 11.8. The Morgan fingerprint density at radius 3 is 1.08 bits per heavy atom. The maximum atomic E-state index is 13.9. The number of hydrogen-bond acceptors (Lipinski definition) is 12. The Morgan fingerprint density at radius 2 is 0.823 bits per heavy atom. The molecule has 16 heteroatoms. The molecule has 2 rings (SSSR count). The fourth-order valence-corrected chi connectivity index (χ4v) is 11.0. The van der Waals surface area contributed by atoms with Crippen LogP contribution in [0.2, 0.25) is 36.3 Å². The van der Waals surface area contributed by atoms with Crippen LogP contribution in [0.5, 0.6) is 0 Å². The highest BCUT2D eigenvalue weighted by Gasteiger charge is 2.46. The van der Waals surface area contributed by atoms with Crippen molar-refractivity contribution in [1.29, 1.82) is 0 Å². The van der Waals surface area contributed by atoms with Crippen LogP contribution in [0.4, 0.5) is 0 Å². The summed E-state index contributed by atoms with van der Waals surface area (Å²) in [5.74, 6) is 0. The molecule has 0 saturated heterocycles. The van der Waals surface area contributed by atoms with Gasteiger partial charge < -0.3 is 27.8 Å². The largest absolute Gasteiger partial charge is 0.411 e. The molecule has 0 saturated carbocycles. The molecule has 0 aliphatic heterocycles. The molecule has 2 aromatic rings. The number of ether oxygens (including phenoxy) is 4. The van der Waals surface area contributed by atoms with Crippen molar-refractivity contribution < 1.29 is 53.0 Å². The molecule has 0 fully saturated rings. The highest BCUT2D eigenvalue weighted by molar-refractivity contribution is 7.87. The molecule has 0 unspecified atom stereocenters. The number of benzene rings is 2. The third-order valence-corrected chi connectivity index (χ3v) is 23.5. The van der Waals surface area contributed by atoms with Crippen molar-refractivity contribution in [3.8, 4) is 0 Å². The number of hydrogen-bond donors (Lipinski definition) is 0. The van der Waals surface area contributed by atoms with Crippen LogP contribution in [-0.4, -0.2) is 97.9 Å². The van der Waals surface area contributed by atoms with E-state index in [0.717, 1.165) is 11.1 Å². The van der Waals surface area contributed by atoms with Gasteiger partial charge in [-0.2, -0.15) is 16.8 Å². The van der Waals surface area contributed by atoms with E-state index in [0.29, 0.717) is 12.8 Å². The fraction of sp³-hybridized carbons (Fsp3) is 0.652. The lowest BCUT2D eigenvalue weighted by atomic mass is 9.97. The Labute approximate surface area is 377 Å². The van der Waals surface area contributed by atoms with Crippen LogP contribution in [0.1, 0.15) is 92.2 Å². The summed E-state index contributed by atoms with van der Waals surface area (Å²) in [4.78, 5) is 0.0653. The van der Waals surface area contributed by atoms with Gasteiger partial charge in [0.2, 0.25) is 0 Å². The molecule has 0 aliphatic rings. The molecule has 0 heterocycles. The van der Waals surface area contributed by atoms with E-state index in [-0.39, 0.29) is 46.3 Å². The van der Waals surface area contributed by atoms with Crippen molar-refractivity contribution >= 4 is 36.9 Å². The molecule has 0 aliphatic carbocycles. The molecule has 0 radical (unpaired) electrons. The van der Waals surface area contributed by atoms with Gasteiger partial charge in [-0.15, -0.1) is 0 Å². The van der Waals surface area contributed by atoms with Gasteiger partial charge in [-0.3, -0.25) is 8.37 Å².